The van der Waals surface area contributed by atoms with E-state index in [4.69, 9.17) is 4.70 Å². The Labute approximate surface area is 69.5 Å². The second-order valence-electron chi connectivity index (χ2n) is 0. The predicted molar refractivity (Wildman–Crippen MR) is 33.1 cm³/mol. The van der Waals surface area contributed by atoms with Gasteiger partial charge >= 0.3 is 42.0 Å². The molecule has 0 radical (unpaired) electrons. The summed E-state index contributed by atoms with van der Waals surface area (Å²) in [4.78, 5) is 0. The quantitative estimate of drug-likeness (QED) is 0.301. The van der Waals surface area contributed by atoms with Crippen molar-refractivity contribution < 1.29 is 32.1 Å². The Balaban J connectivity index is -0.000000000333. The second kappa shape index (κ2) is 770. The molecule has 8 heavy (non-hydrogen) atoms. The first-order valence-electron chi connectivity index (χ1n) is 0.289. The summed E-state index contributed by atoms with van der Waals surface area (Å²) >= 11 is 0. The Bertz CT molecular complexity index is 8.49. The Hall–Kier alpha value is 0.665. The summed E-state index contributed by atoms with van der Waals surface area (Å²) in [6.07, 6.45) is 0. The summed E-state index contributed by atoms with van der Waals surface area (Å²) in [5, 5.41) is 0. The first-order chi connectivity index (χ1) is 1.00. The third-order valence-corrected chi connectivity index (χ3v) is 0. The monoisotopic (exact) mass is 142 g/mol. The molecule has 0 saturated heterocycles. The average Bonchev–Trinajstić information content (AvgIpc) is 1.00. The third-order valence-electron chi connectivity index (χ3n) is 0. The number of hydrogen-bond acceptors (Lipinski definition) is 1. The van der Waals surface area contributed by atoms with Crippen molar-refractivity contribution >= 4 is 37.3 Å². The van der Waals surface area contributed by atoms with E-state index in [9.17, 15) is 0 Å². The fourth-order valence-corrected chi connectivity index (χ4v) is 0. The summed E-state index contributed by atoms with van der Waals surface area (Å²) in [5.74, 6) is 0. The third kappa shape index (κ3) is 484. The van der Waals surface area contributed by atoms with Gasteiger partial charge in [-0.3, -0.25) is 0 Å². The van der Waals surface area contributed by atoms with Crippen molar-refractivity contribution in [3.05, 3.63) is 0 Å². The zero-order valence-electron chi connectivity index (χ0n) is 3.62. The van der Waals surface area contributed by atoms with Crippen LogP contribution in [0.15, 0.2) is 0 Å². The van der Waals surface area contributed by atoms with Crippen molar-refractivity contribution in [3.63, 3.8) is 0 Å². The molecular weight excluding hydrogens is 130 g/mol. The van der Waals surface area contributed by atoms with E-state index in [0.717, 1.165) is 0 Å². The molecule has 0 aliphatic heterocycles. The predicted octanol–water partition coefficient (Wildman–Crippen LogP) is -5.54. The Morgan fingerprint density at radius 3 is 0.625 bits per heavy atom. The van der Waals surface area contributed by atoms with Gasteiger partial charge in [0.1, 0.15) is 0 Å². The molecule has 0 amide bonds. The van der Waals surface area contributed by atoms with Crippen LogP contribution in [0.2, 0.25) is 0 Å². The van der Waals surface area contributed by atoms with Crippen molar-refractivity contribution in [3.8, 4) is 0 Å². The van der Waals surface area contributed by atoms with Gasteiger partial charge in [-0.15, -0.1) is 0 Å². The Morgan fingerprint density at radius 1 is 0.625 bits per heavy atom. The van der Waals surface area contributed by atoms with Gasteiger partial charge in [-0.25, -0.2) is 0 Å². The first-order valence-corrected chi connectivity index (χ1v) is 0.289. The van der Waals surface area contributed by atoms with E-state index in [1.807, 2.05) is 7.72 Å². The average molecular weight is 142 g/mol. The fraction of sp³-hybridized carbons (Fsp3) is 0. The molecule has 8 heteroatoms. The molecule has 52 valence electrons. The van der Waals surface area contributed by atoms with E-state index in [-0.39, 0.29) is 56.9 Å². The Kier molecular flexibility index (Phi) is 17700. The molecule has 0 saturated carbocycles. The van der Waals surface area contributed by atoms with Crippen LogP contribution >= 0.6 is 0 Å². The van der Waals surface area contributed by atoms with Crippen LogP contribution in [0.5, 0.6) is 0 Å². The molecule has 0 aromatic carbocycles. The summed E-state index contributed by atoms with van der Waals surface area (Å²) < 4.78 is 8.00. The molecule has 0 heterocycles. The minimum absolute atomic E-state index is 0. The van der Waals surface area contributed by atoms with Gasteiger partial charge in [-0.2, -0.15) is 0 Å². The maximum atomic E-state index is 8.00. The molecule has 0 unspecified atom stereocenters. The van der Waals surface area contributed by atoms with Crippen molar-refractivity contribution in [1.82, 2.24) is 0 Å². The van der Waals surface area contributed by atoms with Crippen LogP contribution in [0, 0.1) is 0 Å². The van der Waals surface area contributed by atoms with Crippen LogP contribution in [0.4, 0.5) is 0 Å². The van der Waals surface area contributed by atoms with Gasteiger partial charge < -0.3 is 27.4 Å². The molecule has 0 bridgehead atoms. The van der Waals surface area contributed by atoms with Crippen molar-refractivity contribution in [2.24, 2.45) is 0 Å². The van der Waals surface area contributed by atoms with Crippen molar-refractivity contribution in [2.75, 3.05) is 0 Å². The van der Waals surface area contributed by atoms with E-state index < -0.39 is 0 Å². The van der Waals surface area contributed by atoms with Gasteiger partial charge in [0.05, 0.1) is 0 Å². The zero-order chi connectivity index (χ0) is 2.00. The van der Waals surface area contributed by atoms with Gasteiger partial charge in [-0.1, -0.05) is 0 Å². The summed E-state index contributed by atoms with van der Waals surface area (Å²) in [6, 6.07) is 0. The summed E-state index contributed by atoms with van der Waals surface area (Å²) in [5.41, 5.74) is 0. The van der Waals surface area contributed by atoms with Gasteiger partial charge in [-0.05, 0) is 0 Å². The van der Waals surface area contributed by atoms with Gasteiger partial charge in [0.2, 0.25) is 0 Å². The van der Waals surface area contributed by atoms with Crippen LogP contribution in [0.3, 0.4) is 0 Å². The minimum atomic E-state index is 0. The van der Waals surface area contributed by atoms with Gasteiger partial charge in [0.15, 0.2) is 0 Å². The van der Waals surface area contributed by atoms with Crippen LogP contribution in [-0.4, -0.2) is 64.7 Å². The second-order valence-corrected chi connectivity index (χ2v) is 0. The van der Waals surface area contributed by atoms with Crippen LogP contribution in [0.1, 0.15) is 0 Å². The zero-order valence-corrected chi connectivity index (χ0v) is 3.62. The van der Waals surface area contributed by atoms with E-state index in [2.05, 4.69) is 0 Å². The number of rotatable bonds is 0. The molecular formula is H12BNaO6. The van der Waals surface area contributed by atoms with E-state index >= 15 is 0 Å². The Morgan fingerprint density at radius 2 is 0.625 bits per heavy atom. The van der Waals surface area contributed by atoms with Crippen molar-refractivity contribution in [2.45, 2.75) is 0 Å². The molecule has 0 aromatic rings. The van der Waals surface area contributed by atoms with Gasteiger partial charge in [0.25, 0.3) is 0 Å². The molecule has 0 rings (SSSR count). The molecule has 0 aliphatic rings. The normalized spacial score (nSPS) is 0.375. The molecule has 10 N–H and O–H groups in total. The molecule has 0 atom stereocenters. The van der Waals surface area contributed by atoms with Crippen LogP contribution in [-0.2, 0) is 4.70 Å². The summed E-state index contributed by atoms with van der Waals surface area (Å²) in [7, 11) is 2.00. The maximum absolute atomic E-state index is 8.00. The van der Waals surface area contributed by atoms with Crippen molar-refractivity contribution in [1.29, 1.82) is 0 Å². The number of hydrogen-bond donors (Lipinski definition) is 0. The molecule has 0 aliphatic carbocycles. The van der Waals surface area contributed by atoms with Crippen LogP contribution in [0.25, 0.3) is 0 Å². The first kappa shape index (κ1) is 184. The topological polar surface area (TPSA) is 175 Å². The van der Waals surface area contributed by atoms with E-state index in [0.29, 0.717) is 0 Å². The SMILES string of the molecule is B=O.O.O.O.O.O.[NaH]. The molecule has 0 spiro atoms. The molecule has 0 fully saturated rings. The fourth-order valence-electron chi connectivity index (χ4n) is 0. The standard InChI is InChI=1S/BHO.Na.5H2O.H/c1-2;;;;;;;/h1H;;5*1H2;. The van der Waals surface area contributed by atoms with Crippen LogP contribution < -0.4 is 0 Å². The van der Waals surface area contributed by atoms with E-state index in [1.165, 1.54) is 0 Å². The van der Waals surface area contributed by atoms with E-state index in [1.54, 1.807) is 0 Å². The van der Waals surface area contributed by atoms with Gasteiger partial charge in [0, 0.05) is 0 Å². The summed E-state index contributed by atoms with van der Waals surface area (Å²) in [6.45, 7) is 0. The molecule has 0 aromatic heterocycles. The molecule has 6 nitrogen and oxygen atoms in total.